The average molecular weight is 430 g/mol. The summed E-state index contributed by atoms with van der Waals surface area (Å²) in [5.41, 5.74) is -0.0490. The van der Waals surface area contributed by atoms with Crippen LogP contribution in [0.2, 0.25) is 5.02 Å². The Morgan fingerprint density at radius 1 is 0.900 bits per heavy atom. The Morgan fingerprint density at radius 3 is 2.27 bits per heavy atom. The lowest BCUT2D eigenvalue weighted by Gasteiger charge is -2.43. The molecule has 4 rings (SSSR count). The highest BCUT2D eigenvalue weighted by molar-refractivity contribution is 6.30. The number of benzene rings is 2. The maximum atomic E-state index is 11.2. The van der Waals surface area contributed by atoms with E-state index in [-0.39, 0.29) is 6.61 Å². The van der Waals surface area contributed by atoms with Crippen molar-refractivity contribution in [1.29, 1.82) is 0 Å². The minimum atomic E-state index is -0.827. The first-order valence-electron chi connectivity index (χ1n) is 11.0. The number of ether oxygens (including phenoxy) is 1. The van der Waals surface area contributed by atoms with Gasteiger partial charge in [0.15, 0.2) is 0 Å². The van der Waals surface area contributed by atoms with Crippen molar-refractivity contribution in [3.05, 3.63) is 65.2 Å². The van der Waals surface area contributed by atoms with E-state index < -0.39 is 11.2 Å². The lowest BCUT2D eigenvalue weighted by atomic mass is 9.75. The summed E-state index contributed by atoms with van der Waals surface area (Å²) in [7, 11) is 0. The van der Waals surface area contributed by atoms with Gasteiger partial charge in [-0.2, -0.15) is 0 Å². The van der Waals surface area contributed by atoms with Crippen LogP contribution in [0.1, 0.15) is 50.0 Å². The van der Waals surface area contributed by atoms with Gasteiger partial charge in [0.05, 0.1) is 5.60 Å². The Hall–Kier alpha value is -1.59. The second-order valence-corrected chi connectivity index (χ2v) is 9.59. The predicted octanol–water partition coefficient (Wildman–Crippen LogP) is 4.63. The summed E-state index contributed by atoms with van der Waals surface area (Å²) in [5.74, 6) is 1.24. The fourth-order valence-electron chi connectivity index (χ4n) is 4.83. The summed E-state index contributed by atoms with van der Waals surface area (Å²) >= 11 is 6.00. The van der Waals surface area contributed by atoms with Crippen molar-refractivity contribution in [2.24, 2.45) is 0 Å². The zero-order valence-corrected chi connectivity index (χ0v) is 18.2. The molecule has 30 heavy (non-hydrogen) atoms. The van der Waals surface area contributed by atoms with Crippen molar-refractivity contribution in [2.75, 3.05) is 26.2 Å². The topological polar surface area (TPSA) is 52.9 Å². The summed E-state index contributed by atoms with van der Waals surface area (Å²) in [6.07, 6.45) is 5.04. The Morgan fingerprint density at radius 2 is 1.60 bits per heavy atom. The van der Waals surface area contributed by atoms with Gasteiger partial charge in [0.2, 0.25) is 0 Å². The van der Waals surface area contributed by atoms with Crippen LogP contribution in [0.5, 0.6) is 5.75 Å². The first kappa shape index (κ1) is 21.6. The molecule has 0 bridgehead atoms. The lowest BCUT2D eigenvalue weighted by Crippen LogP contribution is -2.52. The van der Waals surface area contributed by atoms with Gasteiger partial charge in [-0.1, -0.05) is 48.0 Å². The molecule has 2 fully saturated rings. The lowest BCUT2D eigenvalue weighted by molar-refractivity contribution is -0.0786. The van der Waals surface area contributed by atoms with Crippen molar-refractivity contribution in [2.45, 2.75) is 55.6 Å². The van der Waals surface area contributed by atoms with Gasteiger partial charge in [0.25, 0.3) is 0 Å². The first-order valence-corrected chi connectivity index (χ1v) is 11.4. The standard InChI is InChI=1S/C25H32ClNO3/c26-22-7-4-8-23(17-22)30-19-25(29)13-15-27(16-14-25)18-24(28)11-9-21(10-12-24)20-5-2-1-3-6-20/h1-8,17,21,28-29H,9-16,18-19H2. The average Bonchev–Trinajstić information content (AvgIpc) is 2.75. The molecule has 4 nitrogen and oxygen atoms in total. The molecule has 162 valence electrons. The third-order valence-corrected chi connectivity index (χ3v) is 7.03. The van der Waals surface area contributed by atoms with Gasteiger partial charge in [-0.3, -0.25) is 0 Å². The molecule has 2 N–H and O–H groups in total. The van der Waals surface area contributed by atoms with E-state index in [1.807, 2.05) is 12.1 Å². The van der Waals surface area contributed by atoms with E-state index in [9.17, 15) is 10.2 Å². The third kappa shape index (κ3) is 5.55. The van der Waals surface area contributed by atoms with E-state index in [2.05, 4.69) is 35.2 Å². The molecule has 2 aromatic carbocycles. The van der Waals surface area contributed by atoms with Crippen molar-refractivity contribution in [3.63, 3.8) is 0 Å². The zero-order chi connectivity index (χ0) is 21.0. The molecule has 5 heteroatoms. The number of nitrogens with zero attached hydrogens (tertiary/aromatic N) is 1. The van der Waals surface area contributed by atoms with Crippen LogP contribution in [0.15, 0.2) is 54.6 Å². The minimum Gasteiger partial charge on any atom is -0.491 e. The molecule has 0 aromatic heterocycles. The summed E-state index contributed by atoms with van der Waals surface area (Å²) in [6, 6.07) is 17.9. The van der Waals surface area contributed by atoms with E-state index in [1.165, 1.54) is 5.56 Å². The summed E-state index contributed by atoms with van der Waals surface area (Å²) in [6.45, 7) is 2.52. The van der Waals surface area contributed by atoms with Gasteiger partial charge < -0.3 is 19.8 Å². The van der Waals surface area contributed by atoms with E-state index in [0.717, 1.165) is 38.8 Å². The first-order chi connectivity index (χ1) is 14.4. The van der Waals surface area contributed by atoms with Gasteiger partial charge in [0, 0.05) is 24.7 Å². The second kappa shape index (κ2) is 9.27. The van der Waals surface area contributed by atoms with E-state index in [1.54, 1.807) is 12.1 Å². The third-order valence-electron chi connectivity index (χ3n) is 6.80. The van der Waals surface area contributed by atoms with Gasteiger partial charge >= 0.3 is 0 Å². The highest BCUT2D eigenvalue weighted by atomic mass is 35.5. The van der Waals surface area contributed by atoms with Gasteiger partial charge in [-0.15, -0.1) is 0 Å². The molecule has 0 amide bonds. The Labute approximate surface area is 184 Å². The maximum Gasteiger partial charge on any atom is 0.120 e. The molecule has 0 unspecified atom stereocenters. The summed E-state index contributed by atoms with van der Waals surface area (Å²) in [4.78, 5) is 2.30. The number of halogens is 1. The maximum absolute atomic E-state index is 11.2. The Balaban J connectivity index is 1.23. The summed E-state index contributed by atoms with van der Waals surface area (Å²) in [5, 5.41) is 22.7. The van der Waals surface area contributed by atoms with Crippen molar-refractivity contribution in [1.82, 2.24) is 4.90 Å². The number of hydrogen-bond donors (Lipinski definition) is 2. The Bertz CT molecular complexity index is 812. The number of piperidine rings is 1. The minimum absolute atomic E-state index is 0.268. The largest absolute Gasteiger partial charge is 0.491 e. The number of likely N-dealkylation sites (tertiary alicyclic amines) is 1. The Kier molecular flexibility index (Phi) is 6.69. The highest BCUT2D eigenvalue weighted by Gasteiger charge is 2.39. The van der Waals surface area contributed by atoms with Crippen LogP contribution in [0, 0.1) is 0 Å². The van der Waals surface area contributed by atoms with E-state index in [0.29, 0.717) is 36.1 Å². The van der Waals surface area contributed by atoms with Gasteiger partial charge in [-0.05, 0) is 68.2 Å². The molecule has 1 aliphatic carbocycles. The molecule has 1 heterocycles. The van der Waals surface area contributed by atoms with Crippen LogP contribution in [-0.2, 0) is 0 Å². The van der Waals surface area contributed by atoms with Crippen LogP contribution in [0.4, 0.5) is 0 Å². The number of β-amino-alcohol motifs (C(OH)–C–C–N with tert-alkyl or cyclic N) is 1. The molecule has 0 spiro atoms. The smallest absolute Gasteiger partial charge is 0.120 e. The molecular formula is C25H32ClNO3. The SMILES string of the molecule is OC1(COc2cccc(Cl)c2)CCN(CC2(O)CCC(c3ccccc3)CC2)CC1. The van der Waals surface area contributed by atoms with Crippen LogP contribution >= 0.6 is 11.6 Å². The molecule has 1 aliphatic heterocycles. The number of hydrogen-bond acceptors (Lipinski definition) is 4. The van der Waals surface area contributed by atoms with Crippen molar-refractivity contribution >= 4 is 11.6 Å². The molecule has 0 radical (unpaired) electrons. The van der Waals surface area contributed by atoms with Crippen molar-refractivity contribution in [3.8, 4) is 5.75 Å². The second-order valence-electron chi connectivity index (χ2n) is 9.16. The molecule has 1 saturated carbocycles. The van der Waals surface area contributed by atoms with E-state index >= 15 is 0 Å². The van der Waals surface area contributed by atoms with Crippen LogP contribution in [-0.4, -0.2) is 52.6 Å². The molecule has 1 saturated heterocycles. The van der Waals surface area contributed by atoms with Gasteiger partial charge in [-0.25, -0.2) is 0 Å². The van der Waals surface area contributed by atoms with Crippen LogP contribution in [0.25, 0.3) is 0 Å². The summed E-state index contributed by atoms with van der Waals surface area (Å²) < 4.78 is 5.79. The normalized spacial score (nSPS) is 27.0. The molecule has 0 atom stereocenters. The van der Waals surface area contributed by atoms with E-state index in [4.69, 9.17) is 16.3 Å². The van der Waals surface area contributed by atoms with Crippen LogP contribution < -0.4 is 4.74 Å². The number of rotatable bonds is 6. The molecule has 2 aliphatic rings. The molecule has 2 aromatic rings. The molecular weight excluding hydrogens is 398 g/mol. The predicted molar refractivity (Wildman–Crippen MR) is 120 cm³/mol. The highest BCUT2D eigenvalue weighted by Crippen LogP contribution is 2.39. The van der Waals surface area contributed by atoms with Crippen LogP contribution in [0.3, 0.4) is 0 Å². The zero-order valence-electron chi connectivity index (χ0n) is 17.5. The van der Waals surface area contributed by atoms with Gasteiger partial charge in [0.1, 0.15) is 18.0 Å². The van der Waals surface area contributed by atoms with Crippen molar-refractivity contribution < 1.29 is 14.9 Å². The number of aliphatic hydroxyl groups is 2. The monoisotopic (exact) mass is 429 g/mol. The fourth-order valence-corrected chi connectivity index (χ4v) is 5.01. The quantitative estimate of drug-likeness (QED) is 0.702. The fraction of sp³-hybridized carbons (Fsp3) is 0.520.